The van der Waals surface area contributed by atoms with Crippen LogP contribution in [0.4, 0.5) is 4.79 Å². The number of carboxylic acids is 1. The predicted molar refractivity (Wildman–Crippen MR) is 68.6 cm³/mol. The number of amides is 1. The van der Waals surface area contributed by atoms with Crippen molar-refractivity contribution < 1.29 is 19.4 Å². The molecule has 0 radical (unpaired) electrons. The van der Waals surface area contributed by atoms with Gasteiger partial charge in [0.2, 0.25) is 0 Å². The number of nitrogens with zero attached hydrogens (tertiary/aromatic N) is 1. The molecule has 1 aliphatic rings. The summed E-state index contributed by atoms with van der Waals surface area (Å²) in [6, 6.07) is 8.41. The maximum atomic E-state index is 11.8. The fourth-order valence-corrected chi connectivity index (χ4v) is 2.31. The third-order valence-corrected chi connectivity index (χ3v) is 3.20. The molecule has 0 spiro atoms. The van der Waals surface area contributed by atoms with Crippen LogP contribution in [0.1, 0.15) is 25.3 Å². The van der Waals surface area contributed by atoms with Gasteiger partial charge < -0.3 is 9.84 Å². The van der Waals surface area contributed by atoms with E-state index in [4.69, 9.17) is 4.74 Å². The van der Waals surface area contributed by atoms with Gasteiger partial charge in [-0.1, -0.05) is 43.7 Å². The average Bonchev–Trinajstić information content (AvgIpc) is 2.68. The predicted octanol–water partition coefficient (Wildman–Crippen LogP) is 2.26. The molecule has 102 valence electrons. The Hall–Kier alpha value is -2.04. The van der Waals surface area contributed by atoms with Crippen molar-refractivity contribution in [3.05, 3.63) is 35.9 Å². The molecule has 1 heterocycles. The molecule has 0 saturated carbocycles. The molecule has 0 unspecified atom stereocenters. The maximum absolute atomic E-state index is 11.8. The second-order valence-corrected chi connectivity index (χ2v) is 4.61. The van der Waals surface area contributed by atoms with Gasteiger partial charge in [-0.3, -0.25) is 4.90 Å². The highest BCUT2D eigenvalue weighted by atomic mass is 16.6. The lowest BCUT2D eigenvalue weighted by atomic mass is 10.1. The van der Waals surface area contributed by atoms with Gasteiger partial charge in [-0.2, -0.15) is 0 Å². The summed E-state index contributed by atoms with van der Waals surface area (Å²) in [6.07, 6.45) is 0.239. The molecule has 1 aliphatic heterocycles. The fraction of sp³-hybridized carbons (Fsp3) is 0.429. The van der Waals surface area contributed by atoms with Crippen LogP contribution < -0.4 is 0 Å². The largest absolute Gasteiger partial charge is 0.480 e. The van der Waals surface area contributed by atoms with Gasteiger partial charge in [-0.25, -0.2) is 9.59 Å². The third-order valence-electron chi connectivity index (χ3n) is 3.20. The third kappa shape index (κ3) is 2.86. The number of aliphatic carboxylic acids is 1. The van der Waals surface area contributed by atoms with Crippen LogP contribution in [0, 0.1) is 0 Å². The molecule has 0 aromatic heterocycles. The van der Waals surface area contributed by atoms with E-state index in [9.17, 15) is 14.7 Å². The van der Waals surface area contributed by atoms with Crippen molar-refractivity contribution in [1.29, 1.82) is 0 Å². The van der Waals surface area contributed by atoms with Crippen LogP contribution in [0.5, 0.6) is 0 Å². The molecule has 5 heteroatoms. The molecule has 1 fully saturated rings. The first kappa shape index (κ1) is 13.4. The number of carbonyl (C=O) groups is 2. The van der Waals surface area contributed by atoms with Crippen molar-refractivity contribution in [1.82, 2.24) is 4.90 Å². The van der Waals surface area contributed by atoms with Crippen molar-refractivity contribution in [2.24, 2.45) is 0 Å². The quantitative estimate of drug-likeness (QED) is 0.884. The highest BCUT2D eigenvalue weighted by Crippen LogP contribution is 2.25. The Morgan fingerprint density at radius 2 is 2.05 bits per heavy atom. The first-order valence-electron chi connectivity index (χ1n) is 6.37. The molecule has 0 bridgehead atoms. The van der Waals surface area contributed by atoms with E-state index in [1.807, 2.05) is 37.3 Å². The van der Waals surface area contributed by atoms with Crippen LogP contribution in [0.25, 0.3) is 0 Å². The molecule has 1 N–H and O–H groups in total. The number of rotatable bonds is 5. The SMILES string of the molecule is CCC[C@@H]1OC(=O)N(Cc2ccccc2)[C@H]1C(=O)O. The molecule has 19 heavy (non-hydrogen) atoms. The summed E-state index contributed by atoms with van der Waals surface area (Å²) in [7, 11) is 0. The van der Waals surface area contributed by atoms with E-state index < -0.39 is 24.2 Å². The van der Waals surface area contributed by atoms with Crippen LogP contribution >= 0.6 is 0 Å². The second kappa shape index (κ2) is 5.73. The topological polar surface area (TPSA) is 66.8 Å². The summed E-state index contributed by atoms with van der Waals surface area (Å²) in [5.74, 6) is -1.01. The minimum Gasteiger partial charge on any atom is -0.480 e. The number of carbonyl (C=O) groups excluding carboxylic acids is 1. The monoisotopic (exact) mass is 263 g/mol. The Labute approximate surface area is 111 Å². The van der Waals surface area contributed by atoms with Gasteiger partial charge in [-0.05, 0) is 12.0 Å². The minimum atomic E-state index is -1.01. The lowest BCUT2D eigenvalue weighted by Crippen LogP contribution is -2.42. The normalized spacial score (nSPS) is 22.4. The smallest absolute Gasteiger partial charge is 0.411 e. The molecule has 2 atom stereocenters. The van der Waals surface area contributed by atoms with Crippen molar-refractivity contribution >= 4 is 12.1 Å². The van der Waals surface area contributed by atoms with Crippen LogP contribution in [0.3, 0.4) is 0 Å². The van der Waals surface area contributed by atoms with Crippen molar-refractivity contribution in [2.75, 3.05) is 0 Å². The summed E-state index contributed by atoms with van der Waals surface area (Å²) in [5.41, 5.74) is 0.892. The molecule has 1 aromatic rings. The Bertz CT molecular complexity index is 460. The summed E-state index contributed by atoms with van der Waals surface area (Å²) < 4.78 is 5.17. The number of hydrogen-bond donors (Lipinski definition) is 1. The van der Waals surface area contributed by atoms with E-state index in [0.717, 1.165) is 12.0 Å². The Morgan fingerprint density at radius 1 is 1.37 bits per heavy atom. The van der Waals surface area contributed by atoms with E-state index >= 15 is 0 Å². The number of cyclic esters (lactones) is 1. The van der Waals surface area contributed by atoms with Gasteiger partial charge in [0.05, 0.1) is 6.54 Å². The fourth-order valence-electron chi connectivity index (χ4n) is 2.31. The summed E-state index contributed by atoms with van der Waals surface area (Å²) >= 11 is 0. The molecule has 0 aliphatic carbocycles. The Balaban J connectivity index is 2.17. The highest BCUT2D eigenvalue weighted by Gasteiger charge is 2.45. The van der Waals surface area contributed by atoms with Crippen LogP contribution in [0.2, 0.25) is 0 Å². The zero-order valence-electron chi connectivity index (χ0n) is 10.8. The van der Waals surface area contributed by atoms with E-state index in [0.29, 0.717) is 6.42 Å². The summed E-state index contributed by atoms with van der Waals surface area (Å²) in [6.45, 7) is 2.20. The number of ether oxygens (including phenoxy) is 1. The summed E-state index contributed by atoms with van der Waals surface area (Å²) in [5, 5.41) is 9.30. The van der Waals surface area contributed by atoms with E-state index in [-0.39, 0.29) is 6.54 Å². The Morgan fingerprint density at radius 3 is 2.63 bits per heavy atom. The maximum Gasteiger partial charge on any atom is 0.411 e. The van der Waals surface area contributed by atoms with Crippen molar-refractivity contribution in [3.63, 3.8) is 0 Å². The standard InChI is InChI=1S/C14H17NO4/c1-2-6-11-12(13(16)17)15(14(18)19-11)9-10-7-4-3-5-8-10/h3-5,7-8,11-12H,2,6,9H2,1H3,(H,16,17)/t11-,12+/m0/s1. The minimum absolute atomic E-state index is 0.261. The van der Waals surface area contributed by atoms with Crippen LogP contribution in [-0.4, -0.2) is 34.2 Å². The number of benzene rings is 1. The van der Waals surface area contributed by atoms with Gasteiger partial charge in [0, 0.05) is 0 Å². The average molecular weight is 263 g/mol. The molecule has 1 amide bonds. The molecule has 2 rings (SSSR count). The lowest BCUT2D eigenvalue weighted by molar-refractivity contribution is -0.143. The second-order valence-electron chi connectivity index (χ2n) is 4.61. The molecule has 1 aromatic carbocycles. The first-order chi connectivity index (χ1) is 9.13. The van der Waals surface area contributed by atoms with Crippen LogP contribution in [0.15, 0.2) is 30.3 Å². The summed E-state index contributed by atoms with van der Waals surface area (Å²) in [4.78, 5) is 24.5. The van der Waals surface area contributed by atoms with Crippen molar-refractivity contribution in [3.8, 4) is 0 Å². The molecular formula is C14H17NO4. The zero-order valence-corrected chi connectivity index (χ0v) is 10.8. The van der Waals surface area contributed by atoms with Crippen LogP contribution in [-0.2, 0) is 16.1 Å². The molecular weight excluding hydrogens is 246 g/mol. The first-order valence-corrected chi connectivity index (χ1v) is 6.37. The van der Waals surface area contributed by atoms with Crippen molar-refractivity contribution in [2.45, 2.75) is 38.5 Å². The van der Waals surface area contributed by atoms with Gasteiger partial charge in [0.1, 0.15) is 6.10 Å². The molecule has 1 saturated heterocycles. The molecule has 5 nitrogen and oxygen atoms in total. The lowest BCUT2D eigenvalue weighted by Gasteiger charge is -2.20. The van der Waals surface area contributed by atoms with Gasteiger partial charge in [0.25, 0.3) is 0 Å². The van der Waals surface area contributed by atoms with Gasteiger partial charge >= 0.3 is 12.1 Å². The van der Waals surface area contributed by atoms with E-state index in [1.54, 1.807) is 0 Å². The van der Waals surface area contributed by atoms with Gasteiger partial charge in [0.15, 0.2) is 6.04 Å². The van der Waals surface area contributed by atoms with Gasteiger partial charge in [-0.15, -0.1) is 0 Å². The Kier molecular flexibility index (Phi) is 4.04. The zero-order chi connectivity index (χ0) is 13.8. The van der Waals surface area contributed by atoms with E-state index in [2.05, 4.69) is 0 Å². The van der Waals surface area contributed by atoms with E-state index in [1.165, 1.54) is 4.90 Å². The number of hydrogen-bond acceptors (Lipinski definition) is 3. The highest BCUT2D eigenvalue weighted by molar-refractivity contribution is 5.83. The number of carboxylic acid groups (broad SMARTS) is 1.